The molecule has 0 bridgehead atoms. The van der Waals surface area contributed by atoms with E-state index in [1.165, 1.54) is 0 Å². The van der Waals surface area contributed by atoms with Crippen LogP contribution in [0.15, 0.2) is 24.3 Å². The Kier molecular flexibility index (Phi) is 4.77. The second-order valence-electron chi connectivity index (χ2n) is 4.39. The Morgan fingerprint density at radius 1 is 1.25 bits per heavy atom. The van der Waals surface area contributed by atoms with E-state index in [2.05, 4.69) is 13.8 Å². The van der Waals surface area contributed by atoms with Gasteiger partial charge in [-0.15, -0.1) is 0 Å². The largest absolute Gasteiger partial charge is 0.497 e. The minimum absolute atomic E-state index is 0.0911. The summed E-state index contributed by atoms with van der Waals surface area (Å²) in [4.78, 5) is 0. The number of nitrogens with two attached hydrogens (primary N) is 1. The van der Waals surface area contributed by atoms with Crippen LogP contribution >= 0.6 is 0 Å². The summed E-state index contributed by atoms with van der Waals surface area (Å²) in [6.45, 7) is 4.26. The predicted octanol–water partition coefficient (Wildman–Crippen LogP) is 1.96. The van der Waals surface area contributed by atoms with Crippen molar-refractivity contribution < 1.29 is 9.84 Å². The van der Waals surface area contributed by atoms with Crippen LogP contribution in [-0.4, -0.2) is 18.8 Å². The standard InChI is InChI=1S/C13H21NO2/c1-9(2)12(8-15)13(14)10-4-6-11(16-3)7-5-10/h4-7,9,12-13,15H,8,14H2,1-3H3. The molecule has 2 atom stereocenters. The molecular formula is C13H21NO2. The third kappa shape index (κ3) is 2.97. The van der Waals surface area contributed by atoms with Crippen LogP contribution in [0.3, 0.4) is 0 Å². The highest BCUT2D eigenvalue weighted by Gasteiger charge is 2.21. The van der Waals surface area contributed by atoms with Crippen LogP contribution in [0.4, 0.5) is 0 Å². The van der Waals surface area contributed by atoms with Gasteiger partial charge in [0.1, 0.15) is 5.75 Å². The zero-order valence-corrected chi connectivity index (χ0v) is 10.2. The predicted molar refractivity (Wildman–Crippen MR) is 65.3 cm³/mol. The first-order valence-electron chi connectivity index (χ1n) is 5.60. The van der Waals surface area contributed by atoms with Crippen molar-refractivity contribution in [3.63, 3.8) is 0 Å². The number of methoxy groups -OCH3 is 1. The van der Waals surface area contributed by atoms with Crippen LogP contribution in [0.25, 0.3) is 0 Å². The van der Waals surface area contributed by atoms with Gasteiger partial charge >= 0.3 is 0 Å². The van der Waals surface area contributed by atoms with Crippen molar-refractivity contribution in [3.05, 3.63) is 29.8 Å². The van der Waals surface area contributed by atoms with E-state index in [0.717, 1.165) is 11.3 Å². The summed E-state index contributed by atoms with van der Waals surface area (Å²) in [7, 11) is 1.64. The van der Waals surface area contributed by atoms with Crippen molar-refractivity contribution in [2.24, 2.45) is 17.6 Å². The molecule has 90 valence electrons. The number of benzene rings is 1. The van der Waals surface area contributed by atoms with Crippen LogP contribution in [-0.2, 0) is 0 Å². The highest BCUT2D eigenvalue weighted by atomic mass is 16.5. The smallest absolute Gasteiger partial charge is 0.118 e. The number of hydrogen-bond donors (Lipinski definition) is 2. The Balaban J connectivity index is 2.82. The molecule has 1 aromatic rings. The maximum absolute atomic E-state index is 9.32. The van der Waals surface area contributed by atoms with E-state index in [1.807, 2.05) is 24.3 Å². The Morgan fingerprint density at radius 3 is 2.19 bits per heavy atom. The summed E-state index contributed by atoms with van der Waals surface area (Å²) in [6, 6.07) is 7.56. The summed E-state index contributed by atoms with van der Waals surface area (Å²) in [5.74, 6) is 1.27. The lowest BCUT2D eigenvalue weighted by Gasteiger charge is -2.25. The Hall–Kier alpha value is -1.06. The molecule has 0 aliphatic carbocycles. The summed E-state index contributed by atoms with van der Waals surface area (Å²) in [5, 5.41) is 9.32. The van der Waals surface area contributed by atoms with E-state index in [1.54, 1.807) is 7.11 Å². The summed E-state index contributed by atoms with van der Waals surface area (Å²) < 4.78 is 5.09. The highest BCUT2D eigenvalue weighted by molar-refractivity contribution is 5.29. The van der Waals surface area contributed by atoms with Crippen molar-refractivity contribution in [2.45, 2.75) is 19.9 Å². The van der Waals surface area contributed by atoms with E-state index in [-0.39, 0.29) is 18.6 Å². The first-order chi connectivity index (χ1) is 7.60. The number of ether oxygens (including phenoxy) is 1. The lowest BCUT2D eigenvalue weighted by Crippen LogP contribution is -2.28. The minimum Gasteiger partial charge on any atom is -0.497 e. The molecule has 0 aromatic heterocycles. The van der Waals surface area contributed by atoms with Crippen LogP contribution in [0.2, 0.25) is 0 Å². The minimum atomic E-state index is -0.129. The third-order valence-electron chi connectivity index (χ3n) is 3.03. The molecule has 2 unspecified atom stereocenters. The molecule has 0 fully saturated rings. The topological polar surface area (TPSA) is 55.5 Å². The molecule has 3 N–H and O–H groups in total. The Bertz CT molecular complexity index is 308. The quantitative estimate of drug-likeness (QED) is 0.802. The first kappa shape index (κ1) is 13.0. The molecule has 3 nitrogen and oxygen atoms in total. The highest BCUT2D eigenvalue weighted by Crippen LogP contribution is 2.26. The van der Waals surface area contributed by atoms with E-state index < -0.39 is 0 Å². The van der Waals surface area contributed by atoms with Crippen molar-refractivity contribution in [1.82, 2.24) is 0 Å². The second kappa shape index (κ2) is 5.87. The van der Waals surface area contributed by atoms with Crippen LogP contribution in [0.1, 0.15) is 25.5 Å². The van der Waals surface area contributed by atoms with Crippen LogP contribution in [0, 0.1) is 11.8 Å². The zero-order valence-electron chi connectivity index (χ0n) is 10.2. The SMILES string of the molecule is COc1ccc(C(N)C(CO)C(C)C)cc1. The molecule has 0 spiro atoms. The van der Waals surface area contributed by atoms with Crippen molar-refractivity contribution in [2.75, 3.05) is 13.7 Å². The van der Waals surface area contributed by atoms with Crippen molar-refractivity contribution in [3.8, 4) is 5.75 Å². The second-order valence-corrected chi connectivity index (χ2v) is 4.39. The monoisotopic (exact) mass is 223 g/mol. The van der Waals surface area contributed by atoms with Gasteiger partial charge in [0.05, 0.1) is 7.11 Å². The maximum atomic E-state index is 9.32. The molecule has 0 aliphatic heterocycles. The average molecular weight is 223 g/mol. The number of hydrogen-bond acceptors (Lipinski definition) is 3. The third-order valence-corrected chi connectivity index (χ3v) is 3.03. The molecule has 0 radical (unpaired) electrons. The number of rotatable bonds is 5. The van der Waals surface area contributed by atoms with Crippen LogP contribution < -0.4 is 10.5 Å². The Morgan fingerprint density at radius 2 is 1.81 bits per heavy atom. The number of aliphatic hydroxyl groups is 1. The first-order valence-corrected chi connectivity index (χ1v) is 5.60. The summed E-state index contributed by atoms with van der Waals surface area (Å²) in [6.07, 6.45) is 0. The normalized spacial score (nSPS) is 14.9. The van der Waals surface area contributed by atoms with Gasteiger partial charge < -0.3 is 15.6 Å². The van der Waals surface area contributed by atoms with Gasteiger partial charge in [-0.2, -0.15) is 0 Å². The molecule has 0 amide bonds. The van der Waals surface area contributed by atoms with Gasteiger partial charge in [-0.05, 0) is 23.6 Å². The van der Waals surface area contributed by atoms with Crippen molar-refractivity contribution in [1.29, 1.82) is 0 Å². The van der Waals surface area contributed by atoms with Gasteiger partial charge in [0.15, 0.2) is 0 Å². The summed E-state index contributed by atoms with van der Waals surface area (Å²) >= 11 is 0. The van der Waals surface area contributed by atoms with Gasteiger partial charge in [0, 0.05) is 18.6 Å². The maximum Gasteiger partial charge on any atom is 0.118 e. The number of aliphatic hydroxyl groups excluding tert-OH is 1. The van der Waals surface area contributed by atoms with Gasteiger partial charge in [0.2, 0.25) is 0 Å². The zero-order chi connectivity index (χ0) is 12.1. The molecular weight excluding hydrogens is 202 g/mol. The van der Waals surface area contributed by atoms with E-state index in [4.69, 9.17) is 10.5 Å². The van der Waals surface area contributed by atoms with E-state index in [9.17, 15) is 5.11 Å². The van der Waals surface area contributed by atoms with Crippen molar-refractivity contribution >= 4 is 0 Å². The molecule has 3 heteroatoms. The summed E-state index contributed by atoms with van der Waals surface area (Å²) in [5.41, 5.74) is 7.18. The lowest BCUT2D eigenvalue weighted by atomic mass is 9.86. The Labute approximate surface area is 97.2 Å². The van der Waals surface area contributed by atoms with Gasteiger partial charge in [-0.3, -0.25) is 0 Å². The molecule has 0 saturated carbocycles. The van der Waals surface area contributed by atoms with E-state index >= 15 is 0 Å². The molecule has 0 heterocycles. The lowest BCUT2D eigenvalue weighted by molar-refractivity contribution is 0.166. The molecule has 0 saturated heterocycles. The van der Waals surface area contributed by atoms with Gasteiger partial charge in [0.25, 0.3) is 0 Å². The molecule has 16 heavy (non-hydrogen) atoms. The average Bonchev–Trinajstić information content (AvgIpc) is 2.29. The molecule has 1 rings (SSSR count). The molecule has 1 aromatic carbocycles. The molecule has 0 aliphatic rings. The van der Waals surface area contributed by atoms with Gasteiger partial charge in [-0.1, -0.05) is 26.0 Å². The van der Waals surface area contributed by atoms with Crippen LogP contribution in [0.5, 0.6) is 5.75 Å². The van der Waals surface area contributed by atoms with E-state index in [0.29, 0.717) is 5.92 Å². The fourth-order valence-corrected chi connectivity index (χ4v) is 1.81. The fraction of sp³-hybridized carbons (Fsp3) is 0.538. The van der Waals surface area contributed by atoms with Gasteiger partial charge in [-0.25, -0.2) is 0 Å². The fourth-order valence-electron chi connectivity index (χ4n) is 1.81.